The molecule has 6 heteroatoms. The summed E-state index contributed by atoms with van der Waals surface area (Å²) in [7, 11) is -3.60. The number of aromatic hydroxyl groups is 1. The molecule has 106 valence electrons. The van der Waals surface area contributed by atoms with E-state index < -0.39 is 10.2 Å². The summed E-state index contributed by atoms with van der Waals surface area (Å²) in [5, 5.41) is 9.72. The molecule has 0 aromatic heterocycles. The molecular formula is C13H20N2O3S. The SMILES string of the molecule is Cc1ccc(O)c(NS(=O)(=O)N2CCCCC2C)c1. The summed E-state index contributed by atoms with van der Waals surface area (Å²) in [4.78, 5) is 0. The van der Waals surface area contributed by atoms with Crippen LogP contribution in [-0.4, -0.2) is 30.4 Å². The standard InChI is InChI=1S/C13H20N2O3S/c1-10-6-7-13(16)12(9-10)14-19(17,18)15-8-4-3-5-11(15)2/h6-7,9,11,14,16H,3-5,8H2,1-2H3. The number of benzene rings is 1. The molecule has 0 amide bonds. The van der Waals surface area contributed by atoms with Gasteiger partial charge in [0.15, 0.2) is 0 Å². The lowest BCUT2D eigenvalue weighted by Crippen LogP contribution is -2.44. The van der Waals surface area contributed by atoms with Crippen LogP contribution in [0.4, 0.5) is 5.69 Å². The van der Waals surface area contributed by atoms with Crippen molar-refractivity contribution in [3.05, 3.63) is 23.8 Å². The van der Waals surface area contributed by atoms with Crippen LogP contribution in [0.3, 0.4) is 0 Å². The second-order valence-electron chi connectivity index (χ2n) is 5.08. The maximum absolute atomic E-state index is 12.3. The van der Waals surface area contributed by atoms with E-state index in [0.29, 0.717) is 6.54 Å². The van der Waals surface area contributed by atoms with Gasteiger partial charge in [0, 0.05) is 12.6 Å². The monoisotopic (exact) mass is 284 g/mol. The molecule has 1 atom stereocenters. The first-order valence-electron chi connectivity index (χ1n) is 6.49. The van der Waals surface area contributed by atoms with Gasteiger partial charge in [-0.05, 0) is 44.4 Å². The molecule has 2 N–H and O–H groups in total. The average molecular weight is 284 g/mol. The lowest BCUT2D eigenvalue weighted by Gasteiger charge is -2.32. The van der Waals surface area contributed by atoms with E-state index in [-0.39, 0.29) is 17.5 Å². The molecule has 1 fully saturated rings. The zero-order valence-electron chi connectivity index (χ0n) is 11.3. The zero-order valence-corrected chi connectivity index (χ0v) is 12.1. The number of phenols is 1. The Kier molecular flexibility index (Phi) is 4.01. The van der Waals surface area contributed by atoms with Gasteiger partial charge in [-0.1, -0.05) is 12.5 Å². The summed E-state index contributed by atoms with van der Waals surface area (Å²) in [5.74, 6) is -0.0566. The van der Waals surface area contributed by atoms with Gasteiger partial charge in [-0.3, -0.25) is 4.72 Å². The maximum atomic E-state index is 12.3. The van der Waals surface area contributed by atoms with Crippen molar-refractivity contribution in [2.75, 3.05) is 11.3 Å². The van der Waals surface area contributed by atoms with Gasteiger partial charge in [0.25, 0.3) is 0 Å². The number of nitrogens with one attached hydrogen (secondary N) is 1. The van der Waals surface area contributed by atoms with Gasteiger partial charge in [0.2, 0.25) is 0 Å². The van der Waals surface area contributed by atoms with E-state index in [2.05, 4.69) is 4.72 Å². The number of piperidine rings is 1. The second-order valence-corrected chi connectivity index (χ2v) is 6.71. The molecule has 19 heavy (non-hydrogen) atoms. The van der Waals surface area contributed by atoms with E-state index >= 15 is 0 Å². The van der Waals surface area contributed by atoms with Crippen molar-refractivity contribution < 1.29 is 13.5 Å². The Labute approximate surface area is 114 Å². The number of nitrogens with zero attached hydrogens (tertiary/aromatic N) is 1. The van der Waals surface area contributed by atoms with Gasteiger partial charge >= 0.3 is 10.2 Å². The van der Waals surface area contributed by atoms with Crippen LogP contribution >= 0.6 is 0 Å². The Morgan fingerprint density at radius 2 is 2.11 bits per heavy atom. The number of hydrogen-bond acceptors (Lipinski definition) is 3. The molecule has 0 radical (unpaired) electrons. The van der Waals surface area contributed by atoms with Crippen LogP contribution in [0.15, 0.2) is 18.2 Å². The number of aryl methyl sites for hydroxylation is 1. The van der Waals surface area contributed by atoms with Crippen LogP contribution in [0.2, 0.25) is 0 Å². The third-order valence-corrected chi connectivity index (χ3v) is 5.08. The van der Waals surface area contributed by atoms with Crippen LogP contribution in [0, 0.1) is 6.92 Å². The normalized spacial score (nSPS) is 21.3. The van der Waals surface area contributed by atoms with Gasteiger partial charge in [-0.2, -0.15) is 12.7 Å². The first kappa shape index (κ1) is 14.1. The molecule has 1 aromatic rings. The zero-order chi connectivity index (χ0) is 14.0. The predicted molar refractivity (Wildman–Crippen MR) is 75.4 cm³/mol. The minimum atomic E-state index is -3.60. The van der Waals surface area contributed by atoms with Gasteiger partial charge < -0.3 is 5.11 Å². The van der Waals surface area contributed by atoms with Crippen molar-refractivity contribution in [3.8, 4) is 5.75 Å². The van der Waals surface area contributed by atoms with Crippen LogP contribution in [0.5, 0.6) is 5.75 Å². The molecule has 1 aliphatic heterocycles. The van der Waals surface area contributed by atoms with Gasteiger partial charge in [0.05, 0.1) is 5.69 Å². The molecule has 2 rings (SSSR count). The second kappa shape index (κ2) is 5.38. The Hall–Kier alpha value is -1.27. The van der Waals surface area contributed by atoms with E-state index in [1.165, 1.54) is 10.4 Å². The molecule has 1 saturated heterocycles. The van der Waals surface area contributed by atoms with Gasteiger partial charge in [0.1, 0.15) is 5.75 Å². The summed E-state index contributed by atoms with van der Waals surface area (Å²) in [6.45, 7) is 4.29. The van der Waals surface area contributed by atoms with E-state index in [9.17, 15) is 13.5 Å². The molecule has 0 saturated carbocycles. The third-order valence-electron chi connectivity index (χ3n) is 3.44. The highest BCUT2D eigenvalue weighted by atomic mass is 32.2. The highest BCUT2D eigenvalue weighted by molar-refractivity contribution is 7.90. The average Bonchev–Trinajstić information content (AvgIpc) is 2.34. The Morgan fingerprint density at radius 1 is 1.37 bits per heavy atom. The molecule has 1 aliphatic rings. The fraction of sp³-hybridized carbons (Fsp3) is 0.538. The summed E-state index contributed by atoms with van der Waals surface area (Å²) in [6.07, 6.45) is 2.81. The Balaban J connectivity index is 2.23. The number of anilines is 1. The van der Waals surface area contributed by atoms with Gasteiger partial charge in [-0.15, -0.1) is 0 Å². The molecule has 5 nitrogen and oxygen atoms in total. The van der Waals surface area contributed by atoms with E-state index in [1.54, 1.807) is 12.1 Å². The number of rotatable bonds is 3. The van der Waals surface area contributed by atoms with Crippen molar-refractivity contribution in [3.63, 3.8) is 0 Å². The Morgan fingerprint density at radius 3 is 2.79 bits per heavy atom. The highest BCUT2D eigenvalue weighted by Crippen LogP contribution is 2.27. The fourth-order valence-electron chi connectivity index (χ4n) is 2.36. The van der Waals surface area contributed by atoms with Crippen molar-refractivity contribution in [1.29, 1.82) is 0 Å². The quantitative estimate of drug-likeness (QED) is 0.836. The van der Waals surface area contributed by atoms with Gasteiger partial charge in [-0.25, -0.2) is 0 Å². The molecule has 1 heterocycles. The molecule has 0 aliphatic carbocycles. The van der Waals surface area contributed by atoms with E-state index in [4.69, 9.17) is 0 Å². The Bertz CT molecular complexity index is 557. The van der Waals surface area contributed by atoms with Crippen molar-refractivity contribution in [1.82, 2.24) is 4.31 Å². The van der Waals surface area contributed by atoms with Crippen LogP contribution < -0.4 is 4.72 Å². The summed E-state index contributed by atoms with van der Waals surface area (Å²) < 4.78 is 28.6. The maximum Gasteiger partial charge on any atom is 0.302 e. The molecule has 1 unspecified atom stereocenters. The summed E-state index contributed by atoms with van der Waals surface area (Å²) in [6, 6.07) is 4.85. The number of hydrogen-bond donors (Lipinski definition) is 2. The topological polar surface area (TPSA) is 69.6 Å². The number of phenolic OH excluding ortho intramolecular Hbond substituents is 1. The first-order chi connectivity index (χ1) is 8.90. The van der Waals surface area contributed by atoms with Crippen molar-refractivity contribution >= 4 is 15.9 Å². The predicted octanol–water partition coefficient (Wildman–Crippen LogP) is 2.23. The summed E-state index contributed by atoms with van der Waals surface area (Å²) in [5.41, 5.74) is 1.12. The lowest BCUT2D eigenvalue weighted by atomic mass is 10.1. The fourth-order valence-corrected chi connectivity index (χ4v) is 3.87. The molecule has 0 bridgehead atoms. The summed E-state index contributed by atoms with van der Waals surface area (Å²) >= 11 is 0. The highest BCUT2D eigenvalue weighted by Gasteiger charge is 2.29. The van der Waals surface area contributed by atoms with Crippen LogP contribution in [0.25, 0.3) is 0 Å². The van der Waals surface area contributed by atoms with E-state index in [0.717, 1.165) is 24.8 Å². The third kappa shape index (κ3) is 3.19. The molecular weight excluding hydrogens is 264 g/mol. The minimum absolute atomic E-state index is 0.00166. The smallest absolute Gasteiger partial charge is 0.302 e. The van der Waals surface area contributed by atoms with Crippen LogP contribution in [-0.2, 0) is 10.2 Å². The molecule has 0 spiro atoms. The van der Waals surface area contributed by atoms with E-state index in [1.807, 2.05) is 13.8 Å². The lowest BCUT2D eigenvalue weighted by molar-refractivity contribution is 0.270. The van der Waals surface area contributed by atoms with Crippen LogP contribution in [0.1, 0.15) is 31.7 Å². The largest absolute Gasteiger partial charge is 0.506 e. The van der Waals surface area contributed by atoms with Crippen molar-refractivity contribution in [2.24, 2.45) is 0 Å². The first-order valence-corrected chi connectivity index (χ1v) is 7.93. The minimum Gasteiger partial charge on any atom is -0.506 e. The van der Waals surface area contributed by atoms with Crippen molar-refractivity contribution in [2.45, 2.75) is 39.2 Å². The molecule has 1 aromatic carbocycles.